The van der Waals surface area contributed by atoms with Crippen molar-refractivity contribution in [3.05, 3.63) is 35.1 Å². The smallest absolute Gasteiger partial charge is 0.128 e. The van der Waals surface area contributed by atoms with Crippen molar-refractivity contribution in [3.63, 3.8) is 0 Å². The second-order valence-corrected chi connectivity index (χ2v) is 6.58. The van der Waals surface area contributed by atoms with Crippen LogP contribution in [0.25, 0.3) is 0 Å². The van der Waals surface area contributed by atoms with E-state index >= 15 is 0 Å². The lowest BCUT2D eigenvalue weighted by molar-refractivity contribution is 0.116. The van der Waals surface area contributed by atoms with E-state index < -0.39 is 0 Å². The van der Waals surface area contributed by atoms with Crippen molar-refractivity contribution in [3.8, 4) is 0 Å². The predicted molar refractivity (Wildman–Crippen MR) is 88.8 cm³/mol. The molecule has 2 N–H and O–H groups in total. The summed E-state index contributed by atoms with van der Waals surface area (Å²) in [5.41, 5.74) is 6.83. The van der Waals surface area contributed by atoms with Crippen LogP contribution in [0, 0.1) is 11.7 Å². The molecular weight excluding hydrogens is 285 g/mol. The van der Waals surface area contributed by atoms with Crippen LogP contribution in [-0.2, 0) is 6.54 Å². The Kier molecular flexibility index (Phi) is 5.67. The fourth-order valence-corrected chi connectivity index (χ4v) is 2.84. The lowest BCUT2D eigenvalue weighted by Gasteiger charge is -2.35. The summed E-state index contributed by atoms with van der Waals surface area (Å²) in [6.07, 6.45) is 0. The third kappa shape index (κ3) is 4.73. The van der Waals surface area contributed by atoms with Crippen LogP contribution in [0.4, 0.5) is 4.39 Å². The van der Waals surface area contributed by atoms with Crippen LogP contribution in [0.1, 0.15) is 25.0 Å². The highest BCUT2D eigenvalue weighted by Crippen LogP contribution is 2.15. The fourth-order valence-electron chi connectivity index (χ4n) is 2.72. The van der Waals surface area contributed by atoms with Crippen LogP contribution in [-0.4, -0.2) is 47.5 Å². The zero-order valence-electron chi connectivity index (χ0n) is 12.8. The second kappa shape index (κ2) is 7.29. The van der Waals surface area contributed by atoms with Gasteiger partial charge in [0.15, 0.2) is 0 Å². The highest BCUT2D eigenvalue weighted by atomic mass is 32.1. The Hall–Kier alpha value is -1.04. The molecule has 1 aliphatic heterocycles. The van der Waals surface area contributed by atoms with Crippen molar-refractivity contribution >= 4 is 17.2 Å². The Balaban J connectivity index is 1.90. The highest BCUT2D eigenvalue weighted by molar-refractivity contribution is 7.80. The summed E-state index contributed by atoms with van der Waals surface area (Å²) in [5, 5.41) is 0. The summed E-state index contributed by atoms with van der Waals surface area (Å²) < 4.78 is 14.1. The van der Waals surface area contributed by atoms with Gasteiger partial charge in [-0.15, -0.1) is 0 Å². The quantitative estimate of drug-likeness (QED) is 0.846. The number of rotatable bonds is 5. The Morgan fingerprint density at radius 3 is 2.38 bits per heavy atom. The molecule has 0 unspecified atom stereocenters. The minimum Gasteiger partial charge on any atom is -0.389 e. The van der Waals surface area contributed by atoms with Gasteiger partial charge in [0.05, 0.1) is 0 Å². The molecule has 0 amide bonds. The van der Waals surface area contributed by atoms with Gasteiger partial charge in [-0.25, -0.2) is 4.39 Å². The van der Waals surface area contributed by atoms with Crippen LogP contribution in [0.3, 0.4) is 0 Å². The van der Waals surface area contributed by atoms with Crippen LogP contribution in [0.2, 0.25) is 0 Å². The van der Waals surface area contributed by atoms with Crippen molar-refractivity contribution in [1.82, 2.24) is 9.80 Å². The molecule has 1 fully saturated rings. The summed E-state index contributed by atoms with van der Waals surface area (Å²) in [4.78, 5) is 5.02. The summed E-state index contributed by atoms with van der Waals surface area (Å²) in [5.74, 6) is 0.478. The maximum absolute atomic E-state index is 14.1. The molecule has 1 aromatic carbocycles. The van der Waals surface area contributed by atoms with Crippen molar-refractivity contribution in [2.45, 2.75) is 20.4 Å². The molecule has 0 aromatic heterocycles. The molecule has 0 spiro atoms. The number of nitrogens with zero attached hydrogens (tertiary/aromatic N) is 2. The third-order valence-corrected chi connectivity index (χ3v) is 4.06. The first-order chi connectivity index (χ1) is 9.95. The molecule has 0 radical (unpaired) electrons. The topological polar surface area (TPSA) is 32.5 Å². The van der Waals surface area contributed by atoms with E-state index in [1.807, 2.05) is 0 Å². The maximum atomic E-state index is 14.1. The normalized spacial score (nSPS) is 17.3. The maximum Gasteiger partial charge on any atom is 0.128 e. The van der Waals surface area contributed by atoms with Gasteiger partial charge >= 0.3 is 0 Å². The van der Waals surface area contributed by atoms with Crippen LogP contribution in [0.5, 0.6) is 0 Å². The Morgan fingerprint density at radius 1 is 1.24 bits per heavy atom. The monoisotopic (exact) mass is 309 g/mol. The lowest BCUT2D eigenvalue weighted by Crippen LogP contribution is -2.46. The van der Waals surface area contributed by atoms with Crippen molar-refractivity contribution in [2.24, 2.45) is 11.7 Å². The van der Waals surface area contributed by atoms with E-state index in [1.54, 1.807) is 12.1 Å². The van der Waals surface area contributed by atoms with Crippen molar-refractivity contribution in [2.75, 3.05) is 32.7 Å². The van der Waals surface area contributed by atoms with E-state index in [1.165, 1.54) is 6.07 Å². The van der Waals surface area contributed by atoms with E-state index in [4.69, 9.17) is 18.0 Å². The second-order valence-electron chi connectivity index (χ2n) is 6.14. The molecule has 1 heterocycles. The molecule has 116 valence electrons. The Bertz CT molecular complexity index is 496. The lowest BCUT2D eigenvalue weighted by atomic mass is 10.1. The van der Waals surface area contributed by atoms with Gasteiger partial charge in [-0.2, -0.15) is 0 Å². The first-order valence-electron chi connectivity index (χ1n) is 7.48. The average Bonchev–Trinajstić information content (AvgIpc) is 2.42. The van der Waals surface area contributed by atoms with Gasteiger partial charge in [-0.05, 0) is 12.0 Å². The van der Waals surface area contributed by atoms with Crippen LogP contribution < -0.4 is 5.73 Å². The fraction of sp³-hybridized carbons (Fsp3) is 0.562. The molecule has 1 saturated heterocycles. The zero-order valence-corrected chi connectivity index (χ0v) is 13.6. The molecular formula is C16H24FN3S. The number of hydrogen-bond donors (Lipinski definition) is 1. The molecule has 3 nitrogen and oxygen atoms in total. The molecule has 0 atom stereocenters. The SMILES string of the molecule is CC(C)CN1CCN(Cc2ccc(C(N)=S)cc2F)CC1. The average molecular weight is 309 g/mol. The van der Waals surface area contributed by atoms with Gasteiger partial charge in [0, 0.05) is 50.4 Å². The number of halogens is 1. The molecule has 21 heavy (non-hydrogen) atoms. The van der Waals surface area contributed by atoms with E-state index in [2.05, 4.69) is 23.6 Å². The molecule has 1 aliphatic rings. The first kappa shape index (κ1) is 16.3. The van der Waals surface area contributed by atoms with E-state index in [-0.39, 0.29) is 10.8 Å². The summed E-state index contributed by atoms with van der Waals surface area (Å²) in [6, 6.07) is 5.03. The number of thiocarbonyl (C=S) groups is 1. The van der Waals surface area contributed by atoms with Gasteiger partial charge < -0.3 is 10.6 Å². The van der Waals surface area contributed by atoms with Crippen LogP contribution in [0.15, 0.2) is 18.2 Å². The number of piperazine rings is 1. The first-order valence-corrected chi connectivity index (χ1v) is 7.89. The van der Waals surface area contributed by atoms with Gasteiger partial charge in [0.2, 0.25) is 0 Å². The van der Waals surface area contributed by atoms with Crippen molar-refractivity contribution in [1.29, 1.82) is 0 Å². The van der Waals surface area contributed by atoms with Gasteiger partial charge in [-0.3, -0.25) is 4.90 Å². The minimum atomic E-state index is -0.218. The molecule has 0 bridgehead atoms. The highest BCUT2D eigenvalue weighted by Gasteiger charge is 2.18. The molecule has 5 heteroatoms. The zero-order chi connectivity index (χ0) is 15.4. The summed E-state index contributed by atoms with van der Waals surface area (Å²) in [7, 11) is 0. The summed E-state index contributed by atoms with van der Waals surface area (Å²) >= 11 is 4.87. The molecule has 1 aromatic rings. The molecule has 0 saturated carbocycles. The van der Waals surface area contributed by atoms with Crippen molar-refractivity contribution < 1.29 is 4.39 Å². The number of nitrogens with two attached hydrogens (primary N) is 1. The third-order valence-electron chi connectivity index (χ3n) is 3.82. The Morgan fingerprint density at radius 2 is 1.86 bits per heavy atom. The standard InChI is InChI=1S/C16H24FN3S/c1-12(2)10-19-5-7-20(8-6-19)11-14-4-3-13(16(18)21)9-15(14)17/h3-4,9,12H,5-8,10-11H2,1-2H3,(H2,18,21). The molecule has 2 rings (SSSR count). The van der Waals surface area contributed by atoms with Gasteiger partial charge in [-0.1, -0.05) is 38.2 Å². The van der Waals surface area contributed by atoms with E-state index in [0.717, 1.165) is 32.7 Å². The summed E-state index contributed by atoms with van der Waals surface area (Å²) in [6.45, 7) is 10.4. The van der Waals surface area contributed by atoms with Gasteiger partial charge in [0.25, 0.3) is 0 Å². The predicted octanol–water partition coefficient (Wildman–Crippen LogP) is 2.23. The van der Waals surface area contributed by atoms with E-state index in [9.17, 15) is 4.39 Å². The molecule has 0 aliphatic carbocycles. The Labute approximate surface area is 131 Å². The largest absolute Gasteiger partial charge is 0.389 e. The van der Waals surface area contributed by atoms with Gasteiger partial charge in [0.1, 0.15) is 10.8 Å². The van der Waals surface area contributed by atoms with E-state index in [0.29, 0.717) is 23.6 Å². The number of benzene rings is 1. The number of hydrogen-bond acceptors (Lipinski definition) is 3. The minimum absolute atomic E-state index is 0.218. The van der Waals surface area contributed by atoms with Crippen LogP contribution >= 0.6 is 12.2 Å².